The highest BCUT2D eigenvalue weighted by atomic mass is 16.6. The molecule has 0 amide bonds. The Morgan fingerprint density at radius 2 is 1.97 bits per heavy atom. The number of rotatable bonds is 3. The van der Waals surface area contributed by atoms with Crippen LogP contribution in [0.3, 0.4) is 0 Å². The highest BCUT2D eigenvalue weighted by Gasteiger charge is 2.44. The summed E-state index contributed by atoms with van der Waals surface area (Å²) in [6.45, 7) is -0.397. The Balaban J connectivity index is 1.68. The van der Waals surface area contributed by atoms with Crippen molar-refractivity contribution in [1.29, 1.82) is 0 Å². The summed E-state index contributed by atoms with van der Waals surface area (Å²) in [5.41, 5.74) is 5.27. The van der Waals surface area contributed by atoms with E-state index in [4.69, 9.17) is 9.73 Å². The number of aliphatic hydroxyl groups is 3. The van der Waals surface area contributed by atoms with Crippen LogP contribution in [0.2, 0.25) is 0 Å². The van der Waals surface area contributed by atoms with Gasteiger partial charge in [0.15, 0.2) is 17.9 Å². The summed E-state index contributed by atoms with van der Waals surface area (Å²) in [6, 6.07) is 9.52. The van der Waals surface area contributed by atoms with Gasteiger partial charge in [-0.15, -0.1) is 0 Å². The summed E-state index contributed by atoms with van der Waals surface area (Å²) in [5.74, 6) is 1.25. The lowest BCUT2D eigenvalue weighted by Gasteiger charge is -2.26. The molecular weight excluding hydrogens is 376 g/mol. The Labute approximate surface area is 165 Å². The molecule has 1 aromatic carbocycles. The number of hydrogen-bond acceptors (Lipinski definition) is 8. The van der Waals surface area contributed by atoms with Crippen molar-refractivity contribution in [3.63, 3.8) is 0 Å². The predicted octanol–water partition coefficient (Wildman–Crippen LogP) is 0.0755. The zero-order valence-corrected chi connectivity index (χ0v) is 15.5. The number of para-hydroxylation sites is 1. The first kappa shape index (κ1) is 18.0. The van der Waals surface area contributed by atoms with Crippen molar-refractivity contribution in [3.05, 3.63) is 48.4 Å². The fourth-order valence-corrected chi connectivity index (χ4v) is 3.80. The van der Waals surface area contributed by atoms with Crippen LogP contribution < -0.4 is 10.4 Å². The number of hydrogen-bond donors (Lipinski definition) is 4. The van der Waals surface area contributed by atoms with Gasteiger partial charge < -0.3 is 24.6 Å². The van der Waals surface area contributed by atoms with Gasteiger partial charge in [0.2, 0.25) is 0 Å². The molecule has 0 radical (unpaired) electrons. The molecule has 3 aromatic rings. The van der Waals surface area contributed by atoms with Gasteiger partial charge in [0.05, 0.1) is 17.7 Å². The molecule has 5 rings (SSSR count). The molecule has 150 valence electrons. The van der Waals surface area contributed by atoms with E-state index in [2.05, 4.69) is 15.4 Å². The maximum atomic E-state index is 10.5. The van der Waals surface area contributed by atoms with E-state index in [9.17, 15) is 15.3 Å². The summed E-state index contributed by atoms with van der Waals surface area (Å²) in [7, 11) is 1.83. The third kappa shape index (κ3) is 2.76. The van der Waals surface area contributed by atoms with Gasteiger partial charge in [-0.2, -0.15) is 0 Å². The number of ether oxygens (including phenoxy) is 1. The highest BCUT2D eigenvalue weighted by Crippen LogP contribution is 2.37. The van der Waals surface area contributed by atoms with Crippen LogP contribution in [0, 0.1) is 0 Å². The lowest BCUT2D eigenvalue weighted by molar-refractivity contribution is -0.0508. The number of benzene rings is 1. The SMILES string of the molecule is CN1NC(=Nc2ccccc2)c2cn([C@@H]3O[C@H](CO)[C@@H](O)[C@H]3O)c3ncnc1c23. The predicted molar refractivity (Wildman–Crippen MR) is 105 cm³/mol. The van der Waals surface area contributed by atoms with Gasteiger partial charge in [0.1, 0.15) is 30.3 Å². The molecule has 29 heavy (non-hydrogen) atoms. The molecule has 2 aliphatic heterocycles. The van der Waals surface area contributed by atoms with Gasteiger partial charge in [-0.3, -0.25) is 10.4 Å². The molecule has 0 saturated carbocycles. The van der Waals surface area contributed by atoms with Crippen LogP contribution in [-0.4, -0.2) is 67.7 Å². The number of amidine groups is 1. The van der Waals surface area contributed by atoms with Gasteiger partial charge in [0, 0.05) is 18.8 Å². The summed E-state index contributed by atoms with van der Waals surface area (Å²) in [5, 5.41) is 32.6. The van der Waals surface area contributed by atoms with Gasteiger partial charge in [-0.05, 0) is 12.1 Å². The van der Waals surface area contributed by atoms with E-state index in [0.29, 0.717) is 17.3 Å². The average molecular weight is 396 g/mol. The second-order valence-corrected chi connectivity index (χ2v) is 7.04. The molecule has 1 fully saturated rings. The molecule has 0 bridgehead atoms. The number of aromatic nitrogens is 3. The molecule has 0 unspecified atom stereocenters. The van der Waals surface area contributed by atoms with E-state index in [-0.39, 0.29) is 0 Å². The van der Waals surface area contributed by atoms with Crippen LogP contribution in [0.4, 0.5) is 11.5 Å². The van der Waals surface area contributed by atoms with E-state index in [1.165, 1.54) is 6.33 Å². The Hall–Kier alpha value is -3.05. The Kier molecular flexibility index (Phi) is 4.21. The van der Waals surface area contributed by atoms with Crippen molar-refractivity contribution in [2.45, 2.75) is 24.5 Å². The van der Waals surface area contributed by atoms with Gasteiger partial charge in [-0.25, -0.2) is 15.0 Å². The largest absolute Gasteiger partial charge is 0.394 e. The first-order valence-electron chi connectivity index (χ1n) is 9.21. The van der Waals surface area contributed by atoms with Crippen LogP contribution >= 0.6 is 0 Å². The first-order valence-corrected chi connectivity index (χ1v) is 9.21. The maximum Gasteiger partial charge on any atom is 0.164 e. The summed E-state index contributed by atoms with van der Waals surface area (Å²) in [6.07, 6.45) is -0.990. The van der Waals surface area contributed by atoms with Crippen LogP contribution in [0.25, 0.3) is 11.0 Å². The quantitative estimate of drug-likeness (QED) is 0.490. The number of hydrazine groups is 1. The van der Waals surface area contributed by atoms with Gasteiger partial charge in [-0.1, -0.05) is 18.2 Å². The molecule has 1 saturated heterocycles. The molecule has 10 nitrogen and oxygen atoms in total. The van der Waals surface area contributed by atoms with E-state index >= 15 is 0 Å². The summed E-state index contributed by atoms with van der Waals surface area (Å²) < 4.78 is 7.36. The Morgan fingerprint density at radius 3 is 2.69 bits per heavy atom. The summed E-state index contributed by atoms with van der Waals surface area (Å²) in [4.78, 5) is 13.4. The lowest BCUT2D eigenvalue weighted by atomic mass is 10.1. The van der Waals surface area contributed by atoms with Crippen LogP contribution in [0.5, 0.6) is 0 Å². The zero-order valence-electron chi connectivity index (χ0n) is 15.5. The molecule has 0 aliphatic carbocycles. The van der Waals surface area contributed by atoms with Crippen molar-refractivity contribution in [2.24, 2.45) is 4.99 Å². The van der Waals surface area contributed by atoms with E-state index in [1.54, 1.807) is 15.8 Å². The molecule has 2 aromatic heterocycles. The van der Waals surface area contributed by atoms with Crippen LogP contribution in [0.1, 0.15) is 11.8 Å². The lowest BCUT2D eigenvalue weighted by Crippen LogP contribution is -2.43. The fourth-order valence-electron chi connectivity index (χ4n) is 3.80. The third-order valence-electron chi connectivity index (χ3n) is 5.22. The second kappa shape index (κ2) is 6.78. The van der Waals surface area contributed by atoms with Crippen LogP contribution in [-0.2, 0) is 4.74 Å². The second-order valence-electron chi connectivity index (χ2n) is 7.04. The van der Waals surface area contributed by atoms with E-state index in [1.807, 2.05) is 37.4 Å². The number of aliphatic hydroxyl groups excluding tert-OH is 3. The molecular formula is C19H20N6O4. The molecule has 4 N–H and O–H groups in total. The molecule has 0 spiro atoms. The minimum Gasteiger partial charge on any atom is -0.394 e. The number of anilines is 1. The van der Waals surface area contributed by atoms with Crippen LogP contribution in [0.15, 0.2) is 47.8 Å². The number of nitrogens with zero attached hydrogens (tertiary/aromatic N) is 5. The molecule has 4 heterocycles. The Bertz CT molecular complexity index is 1080. The molecule has 4 atom stereocenters. The van der Waals surface area contributed by atoms with Crippen molar-refractivity contribution < 1.29 is 20.1 Å². The number of aliphatic imine (C=N–C) groups is 1. The fraction of sp³-hybridized carbons (Fsp3) is 0.316. The smallest absolute Gasteiger partial charge is 0.164 e. The zero-order chi connectivity index (χ0) is 20.1. The topological polar surface area (TPSA) is 128 Å². The monoisotopic (exact) mass is 396 g/mol. The highest BCUT2D eigenvalue weighted by molar-refractivity contribution is 6.15. The third-order valence-corrected chi connectivity index (χ3v) is 5.22. The van der Waals surface area contributed by atoms with Crippen molar-refractivity contribution in [2.75, 3.05) is 18.7 Å². The summed E-state index contributed by atoms with van der Waals surface area (Å²) >= 11 is 0. The van der Waals surface area contributed by atoms with E-state index < -0.39 is 31.1 Å². The standard InChI is InChI=1S/C19H20N6O4/c1-24-17-13-11(16(23-24)22-10-5-3-2-4-6-10)7-25(18(13)21-9-20-17)19-15(28)14(27)12(8-26)29-19/h2-7,9,12,14-15,19,26-28H,8H2,1H3,(H,22,23)/t12-,14-,15-,19-/m1/s1. The average Bonchev–Trinajstić information content (AvgIpc) is 3.26. The van der Waals surface area contributed by atoms with E-state index in [0.717, 1.165) is 16.6 Å². The number of nitrogens with one attached hydrogen (secondary N) is 1. The molecule has 2 aliphatic rings. The maximum absolute atomic E-state index is 10.5. The normalized spacial score (nSPS) is 27.6. The van der Waals surface area contributed by atoms with Gasteiger partial charge in [0.25, 0.3) is 0 Å². The first-order chi connectivity index (χ1) is 14.1. The van der Waals surface area contributed by atoms with Crippen molar-refractivity contribution in [1.82, 2.24) is 20.0 Å². The Morgan fingerprint density at radius 1 is 1.17 bits per heavy atom. The molecule has 10 heteroatoms. The van der Waals surface area contributed by atoms with Crippen molar-refractivity contribution in [3.8, 4) is 0 Å². The minimum atomic E-state index is -1.21. The minimum absolute atomic E-state index is 0.397. The van der Waals surface area contributed by atoms with Crippen molar-refractivity contribution >= 4 is 28.4 Å². The van der Waals surface area contributed by atoms with Gasteiger partial charge >= 0.3 is 0 Å².